The number of H-pyrrole nitrogens is 1. The number of hydrogen-bond acceptors (Lipinski definition) is 3. The lowest BCUT2D eigenvalue weighted by Gasteiger charge is -2.11. The summed E-state index contributed by atoms with van der Waals surface area (Å²) in [6.07, 6.45) is -4.08. The molecule has 0 aliphatic rings. The number of nitrogens with one attached hydrogen (secondary N) is 2. The van der Waals surface area contributed by atoms with Gasteiger partial charge in [-0.25, -0.2) is 4.39 Å². The van der Waals surface area contributed by atoms with E-state index in [1.807, 2.05) is 32.0 Å². The van der Waals surface area contributed by atoms with Crippen LogP contribution < -0.4 is 10.9 Å². The summed E-state index contributed by atoms with van der Waals surface area (Å²) in [5.41, 5.74) is 1.06. The van der Waals surface area contributed by atoms with Gasteiger partial charge < -0.3 is 10.3 Å². The standard InChI is InChI=1S/C21H20F4N2OS.ClH/c1-3-13-9-16(12(2)27-20(13)28)18-8-7-15(29-18)11-26-10-14-5-4-6-17(19(14)22)21(23,24)25;/h4-9,26H,3,10-11H2,1-2H3,(H,27,28);1H. The molecule has 2 aromatic heterocycles. The highest BCUT2D eigenvalue weighted by atomic mass is 35.5. The lowest BCUT2D eigenvalue weighted by atomic mass is 10.1. The molecule has 0 spiro atoms. The monoisotopic (exact) mass is 460 g/mol. The average molecular weight is 461 g/mol. The van der Waals surface area contributed by atoms with Crippen molar-refractivity contribution in [2.45, 2.75) is 39.5 Å². The summed E-state index contributed by atoms with van der Waals surface area (Å²) in [5.74, 6) is -1.24. The van der Waals surface area contributed by atoms with Crippen LogP contribution >= 0.6 is 23.7 Å². The molecule has 0 saturated carbocycles. The molecular formula is C21H21ClF4N2OS. The number of benzene rings is 1. The Hall–Kier alpha value is -2.16. The summed E-state index contributed by atoms with van der Waals surface area (Å²) in [5, 5.41) is 2.99. The minimum atomic E-state index is -4.71. The van der Waals surface area contributed by atoms with Gasteiger partial charge in [0.2, 0.25) is 0 Å². The van der Waals surface area contributed by atoms with E-state index in [0.717, 1.165) is 27.1 Å². The van der Waals surface area contributed by atoms with Crippen molar-refractivity contribution in [1.82, 2.24) is 10.3 Å². The normalized spacial score (nSPS) is 11.4. The van der Waals surface area contributed by atoms with E-state index in [1.165, 1.54) is 23.5 Å². The summed E-state index contributed by atoms with van der Waals surface area (Å²) in [6, 6.07) is 9.01. The van der Waals surface area contributed by atoms with E-state index in [2.05, 4.69) is 10.3 Å². The molecule has 3 aromatic rings. The molecule has 1 aromatic carbocycles. The van der Waals surface area contributed by atoms with E-state index in [1.54, 1.807) is 0 Å². The fraction of sp³-hybridized carbons (Fsp3) is 0.286. The van der Waals surface area contributed by atoms with Gasteiger partial charge in [0.15, 0.2) is 0 Å². The number of pyridine rings is 1. The van der Waals surface area contributed by atoms with Gasteiger partial charge in [-0.05, 0) is 37.6 Å². The molecule has 30 heavy (non-hydrogen) atoms. The zero-order valence-electron chi connectivity index (χ0n) is 16.3. The number of aryl methyl sites for hydroxylation is 2. The highest BCUT2D eigenvalue weighted by molar-refractivity contribution is 7.15. The number of rotatable bonds is 6. The maximum Gasteiger partial charge on any atom is 0.419 e. The van der Waals surface area contributed by atoms with Gasteiger partial charge in [0.05, 0.1) is 5.56 Å². The maximum absolute atomic E-state index is 14.1. The van der Waals surface area contributed by atoms with Gasteiger partial charge in [0.1, 0.15) is 5.82 Å². The van der Waals surface area contributed by atoms with Gasteiger partial charge in [-0.2, -0.15) is 13.2 Å². The Morgan fingerprint density at radius 1 is 1.10 bits per heavy atom. The number of hydrogen-bond donors (Lipinski definition) is 2. The number of aromatic nitrogens is 1. The van der Waals surface area contributed by atoms with Crippen molar-refractivity contribution in [1.29, 1.82) is 0 Å². The van der Waals surface area contributed by atoms with E-state index in [4.69, 9.17) is 0 Å². The maximum atomic E-state index is 14.1. The zero-order valence-corrected chi connectivity index (χ0v) is 18.0. The molecule has 0 unspecified atom stereocenters. The van der Waals surface area contributed by atoms with Gasteiger partial charge in [-0.1, -0.05) is 19.1 Å². The van der Waals surface area contributed by atoms with Crippen molar-refractivity contribution in [3.05, 3.63) is 79.8 Å². The second-order valence-electron chi connectivity index (χ2n) is 6.66. The van der Waals surface area contributed by atoms with E-state index < -0.39 is 17.6 Å². The largest absolute Gasteiger partial charge is 0.419 e. The van der Waals surface area contributed by atoms with Crippen LogP contribution in [0.1, 0.15) is 34.2 Å². The Balaban J connectivity index is 0.00000320. The quantitative estimate of drug-likeness (QED) is 0.454. The highest BCUT2D eigenvalue weighted by Gasteiger charge is 2.34. The smallest absolute Gasteiger partial charge is 0.326 e. The molecule has 162 valence electrons. The van der Waals surface area contributed by atoms with Crippen LogP contribution in [0.15, 0.2) is 41.2 Å². The topological polar surface area (TPSA) is 44.9 Å². The predicted octanol–water partition coefficient (Wildman–Crippen LogP) is 5.84. The van der Waals surface area contributed by atoms with Crippen LogP contribution in [0.4, 0.5) is 17.6 Å². The minimum absolute atomic E-state index is 0. The Morgan fingerprint density at radius 2 is 1.83 bits per heavy atom. The van der Waals surface area contributed by atoms with Crippen molar-refractivity contribution >= 4 is 23.7 Å². The van der Waals surface area contributed by atoms with Crippen molar-refractivity contribution in [2.24, 2.45) is 0 Å². The fourth-order valence-corrected chi connectivity index (χ4v) is 4.11. The molecule has 0 atom stereocenters. The number of alkyl halides is 3. The van der Waals surface area contributed by atoms with Gasteiger partial charge in [-0.15, -0.1) is 23.7 Å². The van der Waals surface area contributed by atoms with Crippen molar-refractivity contribution in [3.63, 3.8) is 0 Å². The molecule has 2 N–H and O–H groups in total. The van der Waals surface area contributed by atoms with E-state index in [-0.39, 0.29) is 30.1 Å². The molecule has 0 amide bonds. The first kappa shape index (κ1) is 24.1. The van der Waals surface area contributed by atoms with Crippen LogP contribution in [0.3, 0.4) is 0 Å². The van der Waals surface area contributed by atoms with Crippen LogP contribution in [-0.2, 0) is 25.7 Å². The van der Waals surface area contributed by atoms with E-state index in [9.17, 15) is 22.4 Å². The first-order valence-electron chi connectivity index (χ1n) is 9.08. The van der Waals surface area contributed by atoms with Gasteiger partial charge in [0, 0.05) is 45.2 Å². The Kier molecular flexibility index (Phi) is 7.85. The third-order valence-electron chi connectivity index (χ3n) is 4.62. The SMILES string of the molecule is CCc1cc(-c2ccc(CNCc3cccc(C(F)(F)F)c3F)s2)c(C)[nH]c1=O.Cl. The third kappa shape index (κ3) is 5.30. The van der Waals surface area contributed by atoms with Crippen molar-refractivity contribution < 1.29 is 17.6 Å². The number of halogens is 5. The molecular weight excluding hydrogens is 440 g/mol. The Labute approximate surface area is 181 Å². The lowest BCUT2D eigenvalue weighted by Crippen LogP contribution is -2.16. The molecule has 0 aliphatic carbocycles. The third-order valence-corrected chi connectivity index (χ3v) is 5.74. The molecule has 9 heteroatoms. The van der Waals surface area contributed by atoms with E-state index >= 15 is 0 Å². The van der Waals surface area contributed by atoms with Gasteiger partial charge in [0.25, 0.3) is 5.56 Å². The van der Waals surface area contributed by atoms with Crippen LogP contribution in [0.2, 0.25) is 0 Å². The van der Waals surface area contributed by atoms with Crippen LogP contribution in [0.5, 0.6) is 0 Å². The molecule has 0 fully saturated rings. The molecule has 0 saturated heterocycles. The van der Waals surface area contributed by atoms with E-state index in [0.29, 0.717) is 18.5 Å². The Morgan fingerprint density at radius 3 is 2.50 bits per heavy atom. The van der Waals surface area contributed by atoms with Crippen LogP contribution in [0, 0.1) is 12.7 Å². The summed E-state index contributed by atoms with van der Waals surface area (Å²) >= 11 is 1.51. The summed E-state index contributed by atoms with van der Waals surface area (Å²) in [7, 11) is 0. The van der Waals surface area contributed by atoms with Crippen LogP contribution in [-0.4, -0.2) is 4.98 Å². The Bertz CT molecular complexity index is 1080. The first-order chi connectivity index (χ1) is 13.7. The highest BCUT2D eigenvalue weighted by Crippen LogP contribution is 2.33. The number of thiophene rings is 1. The molecule has 3 nitrogen and oxygen atoms in total. The van der Waals surface area contributed by atoms with Gasteiger partial charge in [-0.3, -0.25) is 4.79 Å². The predicted molar refractivity (Wildman–Crippen MR) is 114 cm³/mol. The minimum Gasteiger partial charge on any atom is -0.326 e. The first-order valence-corrected chi connectivity index (χ1v) is 9.89. The lowest BCUT2D eigenvalue weighted by molar-refractivity contribution is -0.140. The van der Waals surface area contributed by atoms with Gasteiger partial charge >= 0.3 is 6.18 Å². The fourth-order valence-electron chi connectivity index (χ4n) is 3.06. The van der Waals surface area contributed by atoms with Crippen LogP contribution in [0.25, 0.3) is 10.4 Å². The molecule has 0 aliphatic heterocycles. The second kappa shape index (κ2) is 9.76. The molecule has 2 heterocycles. The number of aromatic amines is 1. The molecule has 0 bridgehead atoms. The van der Waals surface area contributed by atoms with Crippen molar-refractivity contribution in [2.75, 3.05) is 0 Å². The molecule has 0 radical (unpaired) electrons. The van der Waals surface area contributed by atoms with Crippen molar-refractivity contribution in [3.8, 4) is 10.4 Å². The summed E-state index contributed by atoms with van der Waals surface area (Å²) in [4.78, 5) is 16.7. The second-order valence-corrected chi connectivity index (χ2v) is 7.83. The zero-order chi connectivity index (χ0) is 21.2. The summed E-state index contributed by atoms with van der Waals surface area (Å²) < 4.78 is 52.5. The average Bonchev–Trinajstić information content (AvgIpc) is 3.11. The summed E-state index contributed by atoms with van der Waals surface area (Å²) in [6.45, 7) is 4.13. The molecule has 3 rings (SSSR count).